The molecule has 1 aromatic carbocycles. The van der Waals surface area contributed by atoms with Gasteiger partial charge in [0.05, 0.1) is 7.11 Å². The van der Waals surface area contributed by atoms with Crippen molar-refractivity contribution in [3.05, 3.63) is 29.3 Å². The Morgan fingerprint density at radius 2 is 2.12 bits per heavy atom. The van der Waals surface area contributed by atoms with Crippen molar-refractivity contribution in [2.75, 3.05) is 7.11 Å². The molecule has 0 atom stereocenters. The van der Waals surface area contributed by atoms with E-state index < -0.39 is 0 Å². The summed E-state index contributed by atoms with van der Waals surface area (Å²) in [5.74, 6) is 0.975. The van der Waals surface area contributed by atoms with E-state index in [0.29, 0.717) is 5.54 Å². The van der Waals surface area contributed by atoms with Crippen LogP contribution in [-0.4, -0.2) is 12.6 Å². The van der Waals surface area contributed by atoms with E-state index in [1.807, 2.05) is 0 Å². The molecule has 1 saturated carbocycles. The first kappa shape index (κ1) is 12.4. The summed E-state index contributed by atoms with van der Waals surface area (Å²) in [6, 6.07) is 6.43. The molecule has 2 heteroatoms. The maximum atomic E-state index is 5.28. The third-order valence-corrected chi connectivity index (χ3v) is 4.11. The summed E-state index contributed by atoms with van der Waals surface area (Å²) in [6.07, 6.45) is 5.28. The van der Waals surface area contributed by atoms with Gasteiger partial charge in [-0.2, -0.15) is 0 Å². The minimum Gasteiger partial charge on any atom is -0.496 e. The Morgan fingerprint density at radius 1 is 1.35 bits per heavy atom. The van der Waals surface area contributed by atoms with Crippen molar-refractivity contribution in [2.24, 2.45) is 0 Å². The third kappa shape index (κ3) is 2.63. The van der Waals surface area contributed by atoms with Gasteiger partial charge in [0.1, 0.15) is 5.75 Å². The lowest BCUT2D eigenvalue weighted by Gasteiger charge is -2.42. The summed E-state index contributed by atoms with van der Waals surface area (Å²) in [6.45, 7) is 5.35. The molecule has 1 fully saturated rings. The van der Waals surface area contributed by atoms with E-state index in [9.17, 15) is 0 Å². The van der Waals surface area contributed by atoms with Gasteiger partial charge >= 0.3 is 0 Å². The predicted molar refractivity (Wildman–Crippen MR) is 71.4 cm³/mol. The van der Waals surface area contributed by atoms with Gasteiger partial charge in [-0.05, 0) is 49.8 Å². The fraction of sp³-hybridized carbons (Fsp3) is 0.600. The second kappa shape index (κ2) is 5.09. The van der Waals surface area contributed by atoms with E-state index in [2.05, 4.69) is 37.4 Å². The van der Waals surface area contributed by atoms with Crippen molar-refractivity contribution in [1.82, 2.24) is 5.32 Å². The number of hydrogen-bond donors (Lipinski definition) is 1. The highest BCUT2D eigenvalue weighted by atomic mass is 16.5. The molecule has 1 aromatic rings. The van der Waals surface area contributed by atoms with Gasteiger partial charge in [-0.1, -0.05) is 19.1 Å². The van der Waals surface area contributed by atoms with Gasteiger partial charge < -0.3 is 10.1 Å². The zero-order valence-corrected chi connectivity index (χ0v) is 11.2. The molecule has 0 spiro atoms. The molecule has 1 N–H and O–H groups in total. The molecule has 2 nitrogen and oxygen atoms in total. The first-order valence-electron chi connectivity index (χ1n) is 6.58. The van der Waals surface area contributed by atoms with Crippen LogP contribution >= 0.6 is 0 Å². The van der Waals surface area contributed by atoms with Crippen LogP contribution in [0.5, 0.6) is 5.75 Å². The minimum atomic E-state index is 0.424. The van der Waals surface area contributed by atoms with Gasteiger partial charge in [0.2, 0.25) is 0 Å². The third-order valence-electron chi connectivity index (χ3n) is 4.11. The lowest BCUT2D eigenvalue weighted by Crippen LogP contribution is -2.49. The van der Waals surface area contributed by atoms with E-state index in [1.165, 1.54) is 36.8 Å². The quantitative estimate of drug-likeness (QED) is 0.841. The molecule has 0 aliphatic heterocycles. The van der Waals surface area contributed by atoms with Gasteiger partial charge in [0, 0.05) is 12.1 Å². The van der Waals surface area contributed by atoms with E-state index in [1.54, 1.807) is 7.11 Å². The highest BCUT2D eigenvalue weighted by Gasteiger charge is 2.34. The fourth-order valence-electron chi connectivity index (χ4n) is 2.60. The number of benzene rings is 1. The molecular formula is C15H23NO. The van der Waals surface area contributed by atoms with Gasteiger partial charge in [-0.15, -0.1) is 0 Å². The molecule has 0 aromatic heterocycles. The van der Waals surface area contributed by atoms with Crippen molar-refractivity contribution in [3.63, 3.8) is 0 Å². The van der Waals surface area contributed by atoms with Crippen LogP contribution < -0.4 is 10.1 Å². The van der Waals surface area contributed by atoms with E-state index in [4.69, 9.17) is 4.74 Å². The van der Waals surface area contributed by atoms with Gasteiger partial charge in [-0.3, -0.25) is 0 Å². The molecule has 0 amide bonds. The zero-order valence-electron chi connectivity index (χ0n) is 11.2. The number of methoxy groups -OCH3 is 1. The average molecular weight is 233 g/mol. The van der Waals surface area contributed by atoms with Crippen LogP contribution in [-0.2, 0) is 6.54 Å². The molecule has 0 heterocycles. The second-order valence-electron chi connectivity index (χ2n) is 5.14. The summed E-state index contributed by atoms with van der Waals surface area (Å²) >= 11 is 0. The smallest absolute Gasteiger partial charge is 0.121 e. The lowest BCUT2D eigenvalue weighted by molar-refractivity contribution is 0.175. The van der Waals surface area contributed by atoms with Crippen molar-refractivity contribution in [3.8, 4) is 5.75 Å². The van der Waals surface area contributed by atoms with E-state index in [0.717, 1.165) is 12.3 Å². The minimum absolute atomic E-state index is 0.424. The van der Waals surface area contributed by atoms with Crippen molar-refractivity contribution in [2.45, 2.75) is 51.6 Å². The second-order valence-corrected chi connectivity index (χ2v) is 5.14. The maximum absolute atomic E-state index is 5.28. The summed E-state index contributed by atoms with van der Waals surface area (Å²) < 4.78 is 5.28. The predicted octanol–water partition coefficient (Wildman–Crippen LogP) is 3.43. The molecule has 2 rings (SSSR count). The zero-order chi connectivity index (χ0) is 12.3. The Labute approximate surface area is 104 Å². The SMILES string of the molecule is CCC1(NCc2ccc(OC)c(C)c2)CCC1. The molecule has 0 unspecified atom stereocenters. The van der Waals surface area contributed by atoms with Crippen LogP contribution in [0.2, 0.25) is 0 Å². The first-order valence-corrected chi connectivity index (χ1v) is 6.58. The Kier molecular flexibility index (Phi) is 3.72. The monoisotopic (exact) mass is 233 g/mol. The molecule has 1 aliphatic rings. The van der Waals surface area contributed by atoms with Crippen LogP contribution in [0, 0.1) is 6.92 Å². The van der Waals surface area contributed by atoms with Crippen LogP contribution in [0.1, 0.15) is 43.7 Å². The number of ether oxygens (including phenoxy) is 1. The van der Waals surface area contributed by atoms with Crippen molar-refractivity contribution >= 4 is 0 Å². The maximum Gasteiger partial charge on any atom is 0.121 e. The molecule has 17 heavy (non-hydrogen) atoms. The standard InChI is InChI=1S/C15H23NO/c1-4-15(8-5-9-15)16-11-13-6-7-14(17-3)12(2)10-13/h6-7,10,16H,4-5,8-9,11H2,1-3H3. The van der Waals surface area contributed by atoms with Crippen molar-refractivity contribution in [1.29, 1.82) is 0 Å². The average Bonchev–Trinajstić information content (AvgIpc) is 2.28. The van der Waals surface area contributed by atoms with Crippen molar-refractivity contribution < 1.29 is 4.74 Å². The molecular weight excluding hydrogens is 210 g/mol. The number of aryl methyl sites for hydroxylation is 1. The lowest BCUT2D eigenvalue weighted by atomic mass is 9.75. The summed E-state index contributed by atoms with van der Waals surface area (Å²) in [7, 11) is 1.72. The number of nitrogens with one attached hydrogen (secondary N) is 1. The Bertz CT molecular complexity index is 377. The van der Waals surface area contributed by atoms with E-state index in [-0.39, 0.29) is 0 Å². The number of rotatable bonds is 5. The first-order chi connectivity index (χ1) is 8.19. The van der Waals surface area contributed by atoms with Gasteiger partial charge in [0.15, 0.2) is 0 Å². The summed E-state index contributed by atoms with van der Waals surface area (Å²) in [5, 5.41) is 3.72. The molecule has 0 radical (unpaired) electrons. The van der Waals surface area contributed by atoms with Crippen LogP contribution in [0.3, 0.4) is 0 Å². The van der Waals surface area contributed by atoms with Gasteiger partial charge in [-0.25, -0.2) is 0 Å². The summed E-state index contributed by atoms with van der Waals surface area (Å²) in [5.41, 5.74) is 2.99. The van der Waals surface area contributed by atoms with Gasteiger partial charge in [0.25, 0.3) is 0 Å². The number of hydrogen-bond acceptors (Lipinski definition) is 2. The topological polar surface area (TPSA) is 21.3 Å². The largest absolute Gasteiger partial charge is 0.496 e. The Morgan fingerprint density at radius 3 is 2.59 bits per heavy atom. The van der Waals surface area contributed by atoms with Crippen LogP contribution in [0.25, 0.3) is 0 Å². The molecule has 0 saturated heterocycles. The Balaban J connectivity index is 1.97. The normalized spacial score (nSPS) is 17.6. The van der Waals surface area contributed by atoms with E-state index >= 15 is 0 Å². The molecule has 1 aliphatic carbocycles. The van der Waals surface area contributed by atoms with Crippen LogP contribution in [0.15, 0.2) is 18.2 Å². The van der Waals surface area contributed by atoms with Crippen LogP contribution in [0.4, 0.5) is 0 Å². The highest BCUT2D eigenvalue weighted by molar-refractivity contribution is 5.36. The fourth-order valence-corrected chi connectivity index (χ4v) is 2.60. The molecule has 0 bridgehead atoms. The highest BCUT2D eigenvalue weighted by Crippen LogP contribution is 2.34. The summed E-state index contributed by atoms with van der Waals surface area (Å²) in [4.78, 5) is 0. The molecule has 94 valence electrons. The Hall–Kier alpha value is -1.02.